The quantitative estimate of drug-likeness (QED) is 0.894. The van der Waals surface area contributed by atoms with Gasteiger partial charge in [-0.1, -0.05) is 0 Å². The monoisotopic (exact) mass is 323 g/mol. The van der Waals surface area contributed by atoms with E-state index < -0.39 is 17.9 Å². The molecule has 2 aromatic heterocycles. The second kappa shape index (κ2) is 5.56. The van der Waals surface area contributed by atoms with Crippen molar-refractivity contribution in [1.82, 2.24) is 20.3 Å². The average Bonchev–Trinajstić information content (AvgIpc) is 3.10. The van der Waals surface area contributed by atoms with Gasteiger partial charge in [0.05, 0.1) is 11.9 Å². The Morgan fingerprint density at radius 1 is 1.48 bits per heavy atom. The second-order valence-electron chi connectivity index (χ2n) is 5.50. The first-order valence-electron chi connectivity index (χ1n) is 7.08. The first kappa shape index (κ1) is 15.3. The standard InChI is InChI=1S/C14H15F2N5O2/c1-7-9(13-18-4-5-23-13)21-11(17)10(19-7)12(22)20-8-2-3-14(15,16)6-8/h4-5,8H,2-3,6H2,1H3,(H2,17,21)(H,20,22). The molecule has 122 valence electrons. The number of oxazole rings is 1. The fraction of sp³-hybridized carbons (Fsp3) is 0.429. The van der Waals surface area contributed by atoms with Gasteiger partial charge in [0.2, 0.25) is 11.8 Å². The van der Waals surface area contributed by atoms with Gasteiger partial charge in [0.25, 0.3) is 5.91 Å². The number of aryl methyl sites for hydroxylation is 1. The molecule has 3 N–H and O–H groups in total. The Morgan fingerprint density at radius 3 is 2.87 bits per heavy atom. The van der Waals surface area contributed by atoms with E-state index in [0.29, 0.717) is 11.4 Å². The molecular formula is C14H15F2N5O2. The van der Waals surface area contributed by atoms with Gasteiger partial charge in [-0.2, -0.15) is 0 Å². The Bertz CT molecular complexity index is 733. The highest BCUT2D eigenvalue weighted by Gasteiger charge is 2.40. The van der Waals surface area contributed by atoms with Crippen LogP contribution < -0.4 is 11.1 Å². The number of nitrogens with zero attached hydrogens (tertiary/aromatic N) is 3. The van der Waals surface area contributed by atoms with Crippen LogP contribution in [0.15, 0.2) is 16.9 Å². The van der Waals surface area contributed by atoms with Gasteiger partial charge in [0.1, 0.15) is 12.0 Å². The summed E-state index contributed by atoms with van der Waals surface area (Å²) in [5.41, 5.74) is 6.42. The number of alkyl halides is 2. The van der Waals surface area contributed by atoms with Crippen molar-refractivity contribution in [1.29, 1.82) is 0 Å². The summed E-state index contributed by atoms with van der Waals surface area (Å²) in [7, 11) is 0. The predicted molar refractivity (Wildman–Crippen MR) is 76.7 cm³/mol. The van der Waals surface area contributed by atoms with Crippen LogP contribution in [-0.2, 0) is 0 Å². The number of nitrogens with two attached hydrogens (primary N) is 1. The van der Waals surface area contributed by atoms with Crippen molar-refractivity contribution in [3.8, 4) is 11.6 Å². The minimum absolute atomic E-state index is 0.0898. The minimum Gasteiger partial charge on any atom is -0.443 e. The van der Waals surface area contributed by atoms with Crippen LogP contribution in [0, 0.1) is 6.92 Å². The number of rotatable bonds is 3. The average molecular weight is 323 g/mol. The van der Waals surface area contributed by atoms with Crippen LogP contribution in [0.3, 0.4) is 0 Å². The molecule has 3 rings (SSSR count). The molecule has 2 aromatic rings. The second-order valence-corrected chi connectivity index (χ2v) is 5.50. The molecule has 1 saturated carbocycles. The molecule has 0 aromatic carbocycles. The molecular weight excluding hydrogens is 308 g/mol. The molecule has 7 nitrogen and oxygen atoms in total. The van der Waals surface area contributed by atoms with Crippen molar-refractivity contribution in [3.63, 3.8) is 0 Å². The van der Waals surface area contributed by atoms with Crippen LogP contribution in [0.1, 0.15) is 35.4 Å². The number of aromatic nitrogens is 3. The molecule has 1 amide bonds. The Hall–Kier alpha value is -2.58. The number of anilines is 1. The first-order chi connectivity index (χ1) is 10.9. The summed E-state index contributed by atoms with van der Waals surface area (Å²) in [6.07, 6.45) is 2.45. The lowest BCUT2D eigenvalue weighted by Crippen LogP contribution is -2.35. The van der Waals surface area contributed by atoms with E-state index >= 15 is 0 Å². The molecule has 0 saturated heterocycles. The van der Waals surface area contributed by atoms with Gasteiger partial charge in [0, 0.05) is 18.9 Å². The largest absolute Gasteiger partial charge is 0.443 e. The summed E-state index contributed by atoms with van der Waals surface area (Å²) in [6, 6.07) is -0.592. The zero-order chi connectivity index (χ0) is 16.6. The predicted octanol–water partition coefficient (Wildman–Crippen LogP) is 1.94. The Labute approximate surface area is 130 Å². The summed E-state index contributed by atoms with van der Waals surface area (Å²) in [6.45, 7) is 1.63. The smallest absolute Gasteiger partial charge is 0.273 e. The van der Waals surface area contributed by atoms with Gasteiger partial charge in [0.15, 0.2) is 11.5 Å². The molecule has 2 heterocycles. The van der Waals surface area contributed by atoms with Crippen LogP contribution >= 0.6 is 0 Å². The number of hydrogen-bond donors (Lipinski definition) is 2. The van der Waals surface area contributed by atoms with Crippen LogP contribution in [0.25, 0.3) is 11.6 Å². The lowest BCUT2D eigenvalue weighted by Gasteiger charge is -2.14. The van der Waals surface area contributed by atoms with Crippen LogP contribution in [0.4, 0.5) is 14.6 Å². The molecule has 1 fully saturated rings. The Balaban J connectivity index is 1.80. The SMILES string of the molecule is Cc1nc(C(=O)NC2CCC(F)(F)C2)c(N)nc1-c1ncco1. The highest BCUT2D eigenvalue weighted by Crippen LogP contribution is 2.35. The fourth-order valence-electron chi connectivity index (χ4n) is 2.57. The van der Waals surface area contributed by atoms with E-state index in [1.807, 2.05) is 0 Å². The third kappa shape index (κ3) is 3.13. The number of hydrogen-bond acceptors (Lipinski definition) is 6. The summed E-state index contributed by atoms with van der Waals surface area (Å²) in [5.74, 6) is -3.21. The van der Waals surface area contributed by atoms with Crippen molar-refractivity contribution in [2.45, 2.75) is 38.2 Å². The van der Waals surface area contributed by atoms with Crippen LogP contribution in [-0.4, -0.2) is 32.8 Å². The van der Waals surface area contributed by atoms with Crippen LogP contribution in [0.5, 0.6) is 0 Å². The van der Waals surface area contributed by atoms with Gasteiger partial charge in [-0.15, -0.1) is 0 Å². The molecule has 0 bridgehead atoms. The zero-order valence-corrected chi connectivity index (χ0v) is 12.3. The van der Waals surface area contributed by atoms with Crippen LogP contribution in [0.2, 0.25) is 0 Å². The molecule has 1 aliphatic carbocycles. The fourth-order valence-corrected chi connectivity index (χ4v) is 2.57. The summed E-state index contributed by atoms with van der Waals surface area (Å²) >= 11 is 0. The molecule has 1 aliphatic rings. The van der Waals surface area contributed by atoms with Gasteiger partial charge in [-0.25, -0.2) is 23.7 Å². The molecule has 23 heavy (non-hydrogen) atoms. The number of carbonyl (C=O) groups excluding carboxylic acids is 1. The van der Waals surface area contributed by atoms with E-state index in [-0.39, 0.29) is 36.7 Å². The summed E-state index contributed by atoms with van der Waals surface area (Å²) < 4.78 is 31.5. The maximum absolute atomic E-state index is 13.2. The van der Waals surface area contributed by atoms with Crippen molar-refractivity contribution in [3.05, 3.63) is 23.8 Å². The van der Waals surface area contributed by atoms with Gasteiger partial charge < -0.3 is 15.5 Å². The number of amides is 1. The van der Waals surface area contributed by atoms with E-state index in [9.17, 15) is 13.6 Å². The molecule has 1 atom stereocenters. The topological polar surface area (TPSA) is 107 Å². The number of halogens is 2. The van der Waals surface area contributed by atoms with Crippen molar-refractivity contribution in [2.24, 2.45) is 0 Å². The van der Waals surface area contributed by atoms with E-state index in [1.165, 1.54) is 12.5 Å². The minimum atomic E-state index is -2.74. The third-order valence-electron chi connectivity index (χ3n) is 3.69. The van der Waals surface area contributed by atoms with Gasteiger partial charge >= 0.3 is 0 Å². The number of nitrogens with one attached hydrogen (secondary N) is 1. The number of nitrogen functional groups attached to an aromatic ring is 1. The molecule has 0 aliphatic heterocycles. The third-order valence-corrected chi connectivity index (χ3v) is 3.69. The lowest BCUT2D eigenvalue weighted by molar-refractivity contribution is 0.00710. The molecule has 9 heteroatoms. The summed E-state index contributed by atoms with van der Waals surface area (Å²) in [5, 5.41) is 2.53. The van der Waals surface area contributed by atoms with Gasteiger partial charge in [-0.05, 0) is 13.3 Å². The number of carbonyl (C=O) groups is 1. The van der Waals surface area contributed by atoms with Crippen molar-refractivity contribution < 1.29 is 18.0 Å². The highest BCUT2D eigenvalue weighted by atomic mass is 19.3. The lowest BCUT2D eigenvalue weighted by atomic mass is 10.2. The summed E-state index contributed by atoms with van der Waals surface area (Å²) in [4.78, 5) is 24.4. The Morgan fingerprint density at radius 2 is 2.26 bits per heavy atom. The van der Waals surface area contributed by atoms with E-state index in [2.05, 4.69) is 20.3 Å². The Kier molecular flexibility index (Phi) is 3.70. The van der Waals surface area contributed by atoms with E-state index in [0.717, 1.165) is 0 Å². The normalized spacial score (nSPS) is 19.7. The van der Waals surface area contributed by atoms with Gasteiger partial charge in [-0.3, -0.25) is 4.79 Å². The van der Waals surface area contributed by atoms with Crippen molar-refractivity contribution >= 4 is 11.7 Å². The molecule has 0 spiro atoms. The van der Waals surface area contributed by atoms with E-state index in [1.54, 1.807) is 6.92 Å². The zero-order valence-electron chi connectivity index (χ0n) is 12.3. The highest BCUT2D eigenvalue weighted by molar-refractivity contribution is 5.96. The maximum Gasteiger partial charge on any atom is 0.273 e. The first-order valence-corrected chi connectivity index (χ1v) is 7.08. The van der Waals surface area contributed by atoms with Crippen molar-refractivity contribution in [2.75, 3.05) is 5.73 Å². The maximum atomic E-state index is 13.2. The van der Waals surface area contributed by atoms with E-state index in [4.69, 9.17) is 10.2 Å². The molecule has 0 radical (unpaired) electrons. The molecule has 1 unspecified atom stereocenters.